The van der Waals surface area contributed by atoms with E-state index in [2.05, 4.69) is 4.74 Å². The molecule has 6 heteroatoms. The Kier molecular flexibility index (Phi) is 4.45. The van der Waals surface area contributed by atoms with Crippen LogP contribution in [0.15, 0.2) is 0 Å². The summed E-state index contributed by atoms with van der Waals surface area (Å²) in [6.45, 7) is 0. The van der Waals surface area contributed by atoms with Crippen LogP contribution < -0.4 is 0 Å². The third-order valence-electron chi connectivity index (χ3n) is 1.65. The Labute approximate surface area is 96.7 Å². The fourth-order valence-corrected chi connectivity index (χ4v) is 3.88. The molecule has 0 unspecified atom stereocenters. The van der Waals surface area contributed by atoms with E-state index in [1.165, 1.54) is 7.11 Å². The zero-order valence-electron chi connectivity index (χ0n) is 7.27. The molecule has 0 aliphatic heterocycles. The number of hydrogen-bond acceptors (Lipinski definition) is 2. The SMILES string of the molecule is COC(=O)c1[se]c(CCl)c(CCl)c1F. The standard InChI is InChI=1S/C8H7Cl2FO2Se/c1-13-8(12)7-6(11)4(2-9)5(3-10)14-7/h2-3H2,1H3. The first-order valence-corrected chi connectivity index (χ1v) is 6.44. The van der Waals surface area contributed by atoms with Crippen LogP contribution in [-0.4, -0.2) is 27.6 Å². The maximum atomic E-state index is 13.5. The third-order valence-corrected chi connectivity index (χ3v) is 5.04. The molecule has 1 heterocycles. The van der Waals surface area contributed by atoms with Gasteiger partial charge in [0.1, 0.15) is 0 Å². The van der Waals surface area contributed by atoms with Crippen molar-refractivity contribution in [1.82, 2.24) is 0 Å². The second kappa shape index (κ2) is 5.17. The van der Waals surface area contributed by atoms with Crippen LogP contribution in [0, 0.1) is 5.82 Å². The van der Waals surface area contributed by atoms with Crippen molar-refractivity contribution in [1.29, 1.82) is 0 Å². The number of esters is 1. The molecule has 2 nitrogen and oxygen atoms in total. The molecular formula is C8H7Cl2FO2Se. The number of rotatable bonds is 3. The predicted molar refractivity (Wildman–Crippen MR) is 53.8 cm³/mol. The van der Waals surface area contributed by atoms with E-state index >= 15 is 0 Å². The monoisotopic (exact) mass is 304 g/mol. The second-order valence-electron chi connectivity index (χ2n) is 2.41. The number of ether oxygens (including phenoxy) is 1. The summed E-state index contributed by atoms with van der Waals surface area (Å²) in [6.07, 6.45) is 0. The van der Waals surface area contributed by atoms with E-state index in [-0.39, 0.29) is 30.7 Å². The fourth-order valence-electron chi connectivity index (χ4n) is 0.954. The van der Waals surface area contributed by atoms with Crippen molar-refractivity contribution < 1.29 is 13.9 Å². The van der Waals surface area contributed by atoms with Gasteiger partial charge in [-0.25, -0.2) is 0 Å². The summed E-state index contributed by atoms with van der Waals surface area (Å²) in [5.74, 6) is -0.945. The molecule has 0 fully saturated rings. The zero-order chi connectivity index (χ0) is 10.7. The van der Waals surface area contributed by atoms with Gasteiger partial charge in [-0.05, 0) is 0 Å². The number of carbonyl (C=O) groups is 1. The van der Waals surface area contributed by atoms with Crippen LogP contribution in [-0.2, 0) is 16.5 Å². The van der Waals surface area contributed by atoms with Crippen LogP contribution >= 0.6 is 23.2 Å². The Balaban J connectivity index is 3.20. The summed E-state index contributed by atoms with van der Waals surface area (Å²) in [6, 6.07) is 0. The summed E-state index contributed by atoms with van der Waals surface area (Å²) in [5, 5.41) is 0. The molecule has 0 N–H and O–H groups in total. The Bertz CT molecular complexity index is 351. The summed E-state index contributed by atoms with van der Waals surface area (Å²) in [5.41, 5.74) is 0.349. The van der Waals surface area contributed by atoms with Crippen molar-refractivity contribution in [3.63, 3.8) is 0 Å². The van der Waals surface area contributed by atoms with Gasteiger partial charge >= 0.3 is 96.7 Å². The molecule has 0 bridgehead atoms. The van der Waals surface area contributed by atoms with Crippen molar-refractivity contribution >= 4 is 43.7 Å². The van der Waals surface area contributed by atoms with Gasteiger partial charge in [-0.3, -0.25) is 0 Å². The van der Waals surface area contributed by atoms with E-state index in [1.54, 1.807) is 0 Å². The average Bonchev–Trinajstić information content (AvgIpc) is 2.53. The van der Waals surface area contributed by atoms with Gasteiger partial charge in [0.05, 0.1) is 0 Å². The van der Waals surface area contributed by atoms with Gasteiger partial charge in [-0.2, -0.15) is 0 Å². The van der Waals surface area contributed by atoms with E-state index in [0.29, 0.717) is 10.0 Å². The van der Waals surface area contributed by atoms with Crippen molar-refractivity contribution in [2.75, 3.05) is 7.11 Å². The summed E-state index contributed by atoms with van der Waals surface area (Å²) in [7, 11) is 1.22. The van der Waals surface area contributed by atoms with Crippen LogP contribution in [0.5, 0.6) is 0 Å². The molecule has 0 atom stereocenters. The van der Waals surface area contributed by atoms with Crippen molar-refractivity contribution in [2.45, 2.75) is 11.8 Å². The van der Waals surface area contributed by atoms with Crippen molar-refractivity contribution in [3.8, 4) is 0 Å². The van der Waals surface area contributed by atoms with Crippen LogP contribution in [0.25, 0.3) is 0 Å². The first kappa shape index (κ1) is 12.1. The molecule has 1 rings (SSSR count). The van der Waals surface area contributed by atoms with Gasteiger partial charge in [0.15, 0.2) is 0 Å². The van der Waals surface area contributed by atoms with E-state index in [4.69, 9.17) is 23.2 Å². The molecule has 0 aliphatic rings. The maximum absolute atomic E-state index is 13.5. The van der Waals surface area contributed by atoms with Gasteiger partial charge in [0.2, 0.25) is 0 Å². The normalized spacial score (nSPS) is 10.3. The van der Waals surface area contributed by atoms with Crippen LogP contribution in [0.3, 0.4) is 0 Å². The van der Waals surface area contributed by atoms with Crippen LogP contribution in [0.1, 0.15) is 19.2 Å². The van der Waals surface area contributed by atoms with Crippen LogP contribution in [0.4, 0.5) is 4.39 Å². The van der Waals surface area contributed by atoms with Gasteiger partial charge in [-0.1, -0.05) is 0 Å². The third kappa shape index (κ3) is 2.14. The van der Waals surface area contributed by atoms with Crippen LogP contribution in [0.2, 0.25) is 0 Å². The van der Waals surface area contributed by atoms with Gasteiger partial charge < -0.3 is 0 Å². The number of carbonyl (C=O) groups excluding carboxylic acids is 1. The Morgan fingerprint density at radius 3 is 2.50 bits per heavy atom. The minimum absolute atomic E-state index is 0.0378. The van der Waals surface area contributed by atoms with E-state index in [1.807, 2.05) is 0 Å². The number of alkyl halides is 2. The molecule has 78 valence electrons. The fraction of sp³-hybridized carbons (Fsp3) is 0.375. The number of hydrogen-bond donors (Lipinski definition) is 0. The van der Waals surface area contributed by atoms with Crippen molar-refractivity contribution in [3.05, 3.63) is 20.3 Å². The molecule has 1 aromatic rings. The number of methoxy groups -OCH3 is 1. The molecule has 0 aliphatic carbocycles. The summed E-state index contributed by atoms with van der Waals surface area (Å²) in [4.78, 5) is 11.1. The van der Waals surface area contributed by atoms with E-state index < -0.39 is 11.8 Å². The Hall–Kier alpha value is -0.0205. The van der Waals surface area contributed by atoms with E-state index in [0.717, 1.165) is 0 Å². The molecule has 0 radical (unpaired) electrons. The van der Waals surface area contributed by atoms with Gasteiger partial charge in [-0.15, -0.1) is 0 Å². The Morgan fingerprint density at radius 1 is 1.50 bits per heavy atom. The molecule has 0 spiro atoms. The molecule has 14 heavy (non-hydrogen) atoms. The zero-order valence-corrected chi connectivity index (χ0v) is 10.5. The topological polar surface area (TPSA) is 26.3 Å². The number of halogens is 3. The van der Waals surface area contributed by atoms with E-state index in [9.17, 15) is 9.18 Å². The van der Waals surface area contributed by atoms with Gasteiger partial charge in [0.25, 0.3) is 0 Å². The molecule has 0 aromatic carbocycles. The average molecular weight is 304 g/mol. The molecular weight excluding hydrogens is 297 g/mol. The summed E-state index contributed by atoms with van der Waals surface area (Å²) >= 11 is 10.8. The first-order chi connectivity index (χ1) is 6.65. The molecule has 1 aromatic heterocycles. The molecule has 0 amide bonds. The quantitative estimate of drug-likeness (QED) is 0.486. The Morgan fingerprint density at radius 2 is 2.14 bits per heavy atom. The predicted octanol–water partition coefficient (Wildman–Crippen LogP) is 2.15. The summed E-state index contributed by atoms with van der Waals surface area (Å²) < 4.78 is 18.8. The first-order valence-electron chi connectivity index (χ1n) is 3.66. The van der Waals surface area contributed by atoms with Gasteiger partial charge in [0, 0.05) is 0 Å². The molecule has 0 saturated carbocycles. The van der Waals surface area contributed by atoms with Crippen molar-refractivity contribution in [2.24, 2.45) is 0 Å². The second-order valence-corrected chi connectivity index (χ2v) is 5.26. The molecule has 0 saturated heterocycles. The minimum atomic E-state index is -0.634.